The predicted octanol–water partition coefficient (Wildman–Crippen LogP) is 1.07. The van der Waals surface area contributed by atoms with Crippen LogP contribution < -0.4 is 9.62 Å². The SMILES string of the molecule is CC1CN(CCNC(=O)c2cccc(N3CCCS3(=O)=O)c2)CC(C)O1. The molecule has 2 heterocycles. The summed E-state index contributed by atoms with van der Waals surface area (Å²) in [5.74, 6) is -0.0161. The second kappa shape index (κ2) is 7.94. The molecule has 0 aromatic heterocycles. The van der Waals surface area contributed by atoms with Gasteiger partial charge >= 0.3 is 0 Å². The molecule has 2 aliphatic rings. The maximum Gasteiger partial charge on any atom is 0.251 e. The molecule has 26 heavy (non-hydrogen) atoms. The molecule has 144 valence electrons. The first-order chi connectivity index (χ1) is 12.3. The van der Waals surface area contributed by atoms with E-state index in [1.165, 1.54) is 4.31 Å². The summed E-state index contributed by atoms with van der Waals surface area (Å²) in [6.07, 6.45) is 1.02. The third kappa shape index (κ3) is 4.55. The van der Waals surface area contributed by atoms with Crippen molar-refractivity contribution in [1.29, 1.82) is 0 Å². The molecule has 2 unspecified atom stereocenters. The van der Waals surface area contributed by atoms with Crippen LogP contribution in [0.15, 0.2) is 24.3 Å². The first-order valence-electron chi connectivity index (χ1n) is 9.11. The number of nitrogens with zero attached hydrogens (tertiary/aromatic N) is 2. The van der Waals surface area contributed by atoms with Crippen LogP contribution in [0.2, 0.25) is 0 Å². The van der Waals surface area contributed by atoms with E-state index in [1.807, 2.05) is 0 Å². The number of hydrogen-bond donors (Lipinski definition) is 1. The van der Waals surface area contributed by atoms with Gasteiger partial charge in [0, 0.05) is 38.3 Å². The number of morpholine rings is 1. The minimum Gasteiger partial charge on any atom is -0.373 e. The Morgan fingerprint density at radius 1 is 1.27 bits per heavy atom. The third-order valence-corrected chi connectivity index (χ3v) is 6.57. The van der Waals surface area contributed by atoms with E-state index < -0.39 is 10.0 Å². The summed E-state index contributed by atoms with van der Waals surface area (Å²) in [5.41, 5.74) is 1.04. The normalized spacial score (nSPS) is 26.0. The van der Waals surface area contributed by atoms with Gasteiger partial charge in [-0.1, -0.05) is 6.07 Å². The van der Waals surface area contributed by atoms with Crippen molar-refractivity contribution in [1.82, 2.24) is 10.2 Å². The second-order valence-electron chi connectivity index (χ2n) is 7.06. The second-order valence-corrected chi connectivity index (χ2v) is 9.08. The largest absolute Gasteiger partial charge is 0.373 e. The smallest absolute Gasteiger partial charge is 0.251 e. The standard InChI is InChI=1S/C18H27N3O4S/c1-14-12-20(13-15(2)25-14)9-7-19-18(22)16-5-3-6-17(11-16)21-8-4-10-26(21,23)24/h3,5-6,11,14-15H,4,7-10,12-13H2,1-2H3,(H,19,22). The van der Waals surface area contributed by atoms with E-state index in [2.05, 4.69) is 24.1 Å². The van der Waals surface area contributed by atoms with E-state index in [0.717, 1.165) is 19.6 Å². The van der Waals surface area contributed by atoms with Gasteiger partial charge in [-0.2, -0.15) is 0 Å². The molecular formula is C18H27N3O4S. The Kier molecular flexibility index (Phi) is 5.84. The molecule has 7 nitrogen and oxygen atoms in total. The van der Waals surface area contributed by atoms with Gasteiger partial charge in [0.05, 0.1) is 23.6 Å². The summed E-state index contributed by atoms with van der Waals surface area (Å²) >= 11 is 0. The molecular weight excluding hydrogens is 354 g/mol. The van der Waals surface area contributed by atoms with Crippen molar-refractivity contribution in [2.75, 3.05) is 42.8 Å². The van der Waals surface area contributed by atoms with Crippen LogP contribution in [0, 0.1) is 0 Å². The van der Waals surface area contributed by atoms with E-state index in [0.29, 0.717) is 30.8 Å². The number of amides is 1. The van der Waals surface area contributed by atoms with Gasteiger partial charge in [0.25, 0.3) is 5.91 Å². The first kappa shape index (κ1) is 19.1. The van der Waals surface area contributed by atoms with Crippen molar-refractivity contribution in [2.24, 2.45) is 0 Å². The molecule has 3 rings (SSSR count). The molecule has 2 saturated heterocycles. The van der Waals surface area contributed by atoms with Crippen LogP contribution in [0.5, 0.6) is 0 Å². The lowest BCUT2D eigenvalue weighted by molar-refractivity contribution is -0.0672. The lowest BCUT2D eigenvalue weighted by Gasteiger charge is -2.35. The molecule has 2 fully saturated rings. The van der Waals surface area contributed by atoms with Gasteiger partial charge < -0.3 is 10.1 Å². The molecule has 0 saturated carbocycles. The number of carbonyl (C=O) groups excluding carboxylic acids is 1. The summed E-state index contributed by atoms with van der Waals surface area (Å²) < 4.78 is 31.2. The molecule has 2 atom stereocenters. The predicted molar refractivity (Wildman–Crippen MR) is 101 cm³/mol. The number of benzene rings is 1. The van der Waals surface area contributed by atoms with Gasteiger partial charge in [-0.15, -0.1) is 0 Å². The number of ether oxygens (including phenoxy) is 1. The summed E-state index contributed by atoms with van der Waals surface area (Å²) in [6.45, 7) is 7.62. The Morgan fingerprint density at radius 2 is 2.00 bits per heavy atom. The minimum atomic E-state index is -3.24. The number of carbonyl (C=O) groups is 1. The Balaban J connectivity index is 1.56. The van der Waals surface area contributed by atoms with Crippen molar-refractivity contribution in [3.63, 3.8) is 0 Å². The monoisotopic (exact) mass is 381 g/mol. The zero-order chi connectivity index (χ0) is 18.7. The van der Waals surface area contributed by atoms with Crippen LogP contribution in [0.3, 0.4) is 0 Å². The highest BCUT2D eigenvalue weighted by Gasteiger charge is 2.28. The van der Waals surface area contributed by atoms with E-state index in [9.17, 15) is 13.2 Å². The Labute approximate surface area is 155 Å². The Hall–Kier alpha value is -1.64. The highest BCUT2D eigenvalue weighted by Crippen LogP contribution is 2.24. The highest BCUT2D eigenvalue weighted by atomic mass is 32.2. The highest BCUT2D eigenvalue weighted by molar-refractivity contribution is 7.93. The summed E-state index contributed by atoms with van der Waals surface area (Å²) in [6, 6.07) is 6.82. The zero-order valence-electron chi connectivity index (χ0n) is 15.3. The molecule has 1 amide bonds. The van der Waals surface area contributed by atoms with Crippen molar-refractivity contribution in [3.8, 4) is 0 Å². The molecule has 0 radical (unpaired) electrons. The van der Waals surface area contributed by atoms with Crippen LogP contribution in [-0.4, -0.2) is 69.9 Å². The fraction of sp³-hybridized carbons (Fsp3) is 0.611. The lowest BCUT2D eigenvalue weighted by Crippen LogP contribution is -2.47. The fourth-order valence-corrected chi connectivity index (χ4v) is 5.18. The van der Waals surface area contributed by atoms with Crippen molar-refractivity contribution >= 4 is 21.6 Å². The van der Waals surface area contributed by atoms with Crippen LogP contribution in [0.1, 0.15) is 30.6 Å². The van der Waals surface area contributed by atoms with E-state index in [1.54, 1.807) is 24.3 Å². The van der Waals surface area contributed by atoms with Gasteiger partial charge in [0.2, 0.25) is 10.0 Å². The zero-order valence-corrected chi connectivity index (χ0v) is 16.2. The number of rotatable bonds is 5. The molecule has 0 spiro atoms. The van der Waals surface area contributed by atoms with E-state index in [4.69, 9.17) is 4.74 Å². The van der Waals surface area contributed by atoms with Gasteiger partial charge in [-0.25, -0.2) is 8.42 Å². The third-order valence-electron chi connectivity index (χ3n) is 4.70. The van der Waals surface area contributed by atoms with Gasteiger partial charge in [0.1, 0.15) is 0 Å². The van der Waals surface area contributed by atoms with Crippen LogP contribution in [-0.2, 0) is 14.8 Å². The summed E-state index contributed by atoms with van der Waals surface area (Å²) in [4.78, 5) is 14.7. The quantitative estimate of drug-likeness (QED) is 0.825. The first-order valence-corrected chi connectivity index (χ1v) is 10.7. The van der Waals surface area contributed by atoms with Crippen LogP contribution in [0.25, 0.3) is 0 Å². The van der Waals surface area contributed by atoms with Crippen molar-refractivity contribution < 1.29 is 17.9 Å². The minimum absolute atomic E-state index is 0.166. The van der Waals surface area contributed by atoms with E-state index in [-0.39, 0.29) is 23.9 Å². The maximum absolute atomic E-state index is 12.4. The molecule has 1 aromatic carbocycles. The number of hydrogen-bond acceptors (Lipinski definition) is 5. The van der Waals surface area contributed by atoms with Gasteiger partial charge in [0.15, 0.2) is 0 Å². The van der Waals surface area contributed by atoms with E-state index >= 15 is 0 Å². The van der Waals surface area contributed by atoms with Gasteiger partial charge in [-0.05, 0) is 38.5 Å². The number of nitrogens with one attached hydrogen (secondary N) is 1. The van der Waals surface area contributed by atoms with Crippen molar-refractivity contribution in [2.45, 2.75) is 32.5 Å². The number of sulfonamides is 1. The molecule has 1 aromatic rings. The average molecular weight is 381 g/mol. The molecule has 8 heteroatoms. The maximum atomic E-state index is 12.4. The summed E-state index contributed by atoms with van der Waals surface area (Å²) in [7, 11) is -3.24. The topological polar surface area (TPSA) is 79.0 Å². The van der Waals surface area contributed by atoms with Gasteiger partial charge in [-0.3, -0.25) is 14.0 Å². The molecule has 0 aliphatic carbocycles. The summed E-state index contributed by atoms with van der Waals surface area (Å²) in [5, 5.41) is 2.93. The fourth-order valence-electron chi connectivity index (χ4n) is 3.63. The number of anilines is 1. The Morgan fingerprint density at radius 3 is 2.65 bits per heavy atom. The molecule has 2 aliphatic heterocycles. The van der Waals surface area contributed by atoms with Crippen molar-refractivity contribution in [3.05, 3.63) is 29.8 Å². The van der Waals surface area contributed by atoms with Crippen LogP contribution >= 0.6 is 0 Å². The average Bonchev–Trinajstić information content (AvgIpc) is 2.93. The molecule has 0 bridgehead atoms. The lowest BCUT2D eigenvalue weighted by atomic mass is 10.2. The van der Waals surface area contributed by atoms with Crippen LogP contribution in [0.4, 0.5) is 5.69 Å². The molecule has 1 N–H and O–H groups in total. The Bertz CT molecular complexity index is 743.